The fourth-order valence-corrected chi connectivity index (χ4v) is 4.43. The summed E-state index contributed by atoms with van der Waals surface area (Å²) in [4.78, 5) is 16.7. The summed E-state index contributed by atoms with van der Waals surface area (Å²) in [5, 5.41) is 0.797. The predicted octanol–water partition coefficient (Wildman–Crippen LogP) is 7.06. The molecule has 1 heterocycles. The maximum atomic E-state index is 13.2. The van der Waals surface area contributed by atoms with E-state index in [0.29, 0.717) is 39.3 Å². The van der Waals surface area contributed by atoms with Crippen LogP contribution in [0.1, 0.15) is 23.6 Å². The van der Waals surface area contributed by atoms with Crippen molar-refractivity contribution in [3.8, 4) is 11.5 Å². The minimum atomic E-state index is -0.592. The normalized spacial score (nSPS) is 14.2. The number of ether oxygens (including phenoxy) is 3. The van der Waals surface area contributed by atoms with Gasteiger partial charge in [0.05, 0.1) is 20.8 Å². The average molecular weight is 612 g/mol. The molecule has 0 atom stereocenters. The average Bonchev–Trinajstić information content (AvgIpc) is 3.14. The molecule has 1 aliphatic rings. The summed E-state index contributed by atoms with van der Waals surface area (Å²) >= 11 is 14.3. The van der Waals surface area contributed by atoms with E-state index in [2.05, 4.69) is 27.6 Å². The van der Waals surface area contributed by atoms with Crippen molar-refractivity contribution in [2.75, 3.05) is 6.61 Å². The lowest BCUT2D eigenvalue weighted by Crippen LogP contribution is -2.06. The molecular formula is C25H17Cl2FINO4. The van der Waals surface area contributed by atoms with Gasteiger partial charge in [0.1, 0.15) is 12.4 Å². The first-order valence-electron chi connectivity index (χ1n) is 10.2. The van der Waals surface area contributed by atoms with Crippen LogP contribution in [-0.4, -0.2) is 18.5 Å². The summed E-state index contributed by atoms with van der Waals surface area (Å²) in [5.41, 5.74) is 2.10. The van der Waals surface area contributed by atoms with Crippen molar-refractivity contribution in [2.45, 2.75) is 13.5 Å². The Morgan fingerprint density at radius 2 is 1.85 bits per heavy atom. The minimum Gasteiger partial charge on any atom is -0.490 e. The van der Waals surface area contributed by atoms with Crippen molar-refractivity contribution in [1.82, 2.24) is 0 Å². The molecule has 174 valence electrons. The first-order valence-corrected chi connectivity index (χ1v) is 12.0. The highest BCUT2D eigenvalue weighted by Gasteiger charge is 2.26. The summed E-state index contributed by atoms with van der Waals surface area (Å²) in [7, 11) is 0. The second-order valence-electron chi connectivity index (χ2n) is 7.14. The van der Waals surface area contributed by atoms with Crippen LogP contribution in [0.4, 0.5) is 4.39 Å². The molecule has 5 nitrogen and oxygen atoms in total. The number of aliphatic imine (C=N–C) groups is 1. The van der Waals surface area contributed by atoms with Gasteiger partial charge in [-0.05, 0) is 89.2 Å². The minimum absolute atomic E-state index is 0.108. The number of benzene rings is 3. The monoisotopic (exact) mass is 611 g/mol. The third-order valence-corrected chi connectivity index (χ3v) is 6.06. The highest BCUT2D eigenvalue weighted by molar-refractivity contribution is 14.1. The van der Waals surface area contributed by atoms with Crippen LogP contribution in [0.5, 0.6) is 11.5 Å². The molecule has 3 aromatic rings. The van der Waals surface area contributed by atoms with Crippen LogP contribution in [0.3, 0.4) is 0 Å². The van der Waals surface area contributed by atoms with Crippen LogP contribution < -0.4 is 9.47 Å². The Bertz CT molecular complexity index is 1310. The number of rotatable bonds is 7. The smallest absolute Gasteiger partial charge is 0.363 e. The fourth-order valence-electron chi connectivity index (χ4n) is 3.16. The van der Waals surface area contributed by atoms with Gasteiger partial charge in [0.25, 0.3) is 0 Å². The Morgan fingerprint density at radius 3 is 2.56 bits per heavy atom. The Morgan fingerprint density at radius 1 is 1.09 bits per heavy atom. The maximum Gasteiger partial charge on any atom is 0.363 e. The van der Waals surface area contributed by atoms with Crippen LogP contribution in [0.25, 0.3) is 6.08 Å². The van der Waals surface area contributed by atoms with Crippen molar-refractivity contribution in [2.24, 2.45) is 4.99 Å². The number of cyclic esters (lactones) is 1. The number of carbonyl (C=O) groups excluding carboxylic acids is 1. The summed E-state index contributed by atoms with van der Waals surface area (Å²) in [6, 6.07) is 14.5. The van der Waals surface area contributed by atoms with Gasteiger partial charge in [0.2, 0.25) is 5.90 Å². The molecule has 0 N–H and O–H groups in total. The van der Waals surface area contributed by atoms with Crippen molar-refractivity contribution < 1.29 is 23.4 Å². The molecule has 3 aromatic carbocycles. The lowest BCUT2D eigenvalue weighted by Gasteiger charge is -2.15. The van der Waals surface area contributed by atoms with E-state index in [0.717, 1.165) is 9.13 Å². The zero-order chi connectivity index (χ0) is 24.2. The highest BCUT2D eigenvalue weighted by atomic mass is 127. The summed E-state index contributed by atoms with van der Waals surface area (Å²) in [5.74, 6) is 0.280. The van der Waals surface area contributed by atoms with Gasteiger partial charge in [-0.15, -0.1) is 0 Å². The molecule has 0 spiro atoms. The molecule has 0 unspecified atom stereocenters. The van der Waals surface area contributed by atoms with E-state index >= 15 is 0 Å². The molecule has 0 aromatic heterocycles. The topological polar surface area (TPSA) is 57.1 Å². The first kappa shape index (κ1) is 24.5. The maximum absolute atomic E-state index is 13.2. The first-order chi connectivity index (χ1) is 16.3. The van der Waals surface area contributed by atoms with Gasteiger partial charge < -0.3 is 14.2 Å². The lowest BCUT2D eigenvalue weighted by atomic mass is 10.1. The summed E-state index contributed by atoms with van der Waals surface area (Å²) < 4.78 is 31.0. The molecule has 0 saturated heterocycles. The van der Waals surface area contributed by atoms with E-state index in [9.17, 15) is 9.18 Å². The van der Waals surface area contributed by atoms with Crippen LogP contribution >= 0.6 is 45.8 Å². The Labute approximate surface area is 219 Å². The van der Waals surface area contributed by atoms with E-state index in [1.165, 1.54) is 12.1 Å². The van der Waals surface area contributed by atoms with Crippen LogP contribution in [0, 0.1) is 9.39 Å². The Kier molecular flexibility index (Phi) is 7.75. The van der Waals surface area contributed by atoms with Crippen LogP contribution in [0.15, 0.2) is 65.3 Å². The van der Waals surface area contributed by atoms with Gasteiger partial charge in [-0.3, -0.25) is 0 Å². The molecule has 0 aliphatic carbocycles. The van der Waals surface area contributed by atoms with Gasteiger partial charge in [0.15, 0.2) is 17.2 Å². The molecule has 0 amide bonds. The largest absolute Gasteiger partial charge is 0.490 e. The molecule has 0 radical (unpaired) electrons. The van der Waals surface area contributed by atoms with Gasteiger partial charge >= 0.3 is 5.97 Å². The standard InChI is InChI=1S/C25H17Cl2FINO4/c1-2-32-22-11-15(9-20(29)23(22)33-13-14-3-6-17(28)7-4-14)10-21-25(31)34-24(30-21)18-8-5-16(26)12-19(18)27/h3-12H,2,13H2,1H3/b21-10-. The SMILES string of the molecule is CCOc1cc(/C=C2\N=C(c3ccc(Cl)cc3Cl)OC2=O)cc(I)c1OCc1ccc(F)cc1. The van der Waals surface area contributed by atoms with Crippen molar-refractivity contribution >= 4 is 63.7 Å². The molecule has 9 heteroatoms. The Balaban J connectivity index is 1.61. The van der Waals surface area contributed by atoms with Crippen molar-refractivity contribution in [3.05, 3.63) is 96.4 Å². The van der Waals surface area contributed by atoms with Gasteiger partial charge in [-0.1, -0.05) is 35.3 Å². The van der Waals surface area contributed by atoms with E-state index in [4.69, 9.17) is 37.4 Å². The van der Waals surface area contributed by atoms with Gasteiger partial charge in [0, 0.05) is 5.02 Å². The lowest BCUT2D eigenvalue weighted by molar-refractivity contribution is -0.129. The zero-order valence-corrected chi connectivity index (χ0v) is 21.4. The molecule has 0 bridgehead atoms. The highest BCUT2D eigenvalue weighted by Crippen LogP contribution is 2.36. The molecule has 0 fully saturated rings. The molecule has 0 saturated carbocycles. The predicted molar refractivity (Wildman–Crippen MR) is 138 cm³/mol. The number of nitrogens with zero attached hydrogens (tertiary/aromatic N) is 1. The number of carbonyl (C=O) groups is 1. The molecular weight excluding hydrogens is 595 g/mol. The second-order valence-corrected chi connectivity index (χ2v) is 9.14. The van der Waals surface area contributed by atoms with Crippen LogP contribution in [0.2, 0.25) is 10.0 Å². The van der Waals surface area contributed by atoms with Crippen molar-refractivity contribution in [1.29, 1.82) is 0 Å². The molecule has 34 heavy (non-hydrogen) atoms. The third kappa shape index (κ3) is 5.71. The number of hydrogen-bond donors (Lipinski definition) is 0. The van der Waals surface area contributed by atoms with Crippen molar-refractivity contribution in [3.63, 3.8) is 0 Å². The second kappa shape index (κ2) is 10.8. The molecule has 4 rings (SSSR count). The quantitative estimate of drug-likeness (QED) is 0.163. The third-order valence-electron chi connectivity index (χ3n) is 4.71. The van der Waals surface area contributed by atoms with E-state index < -0.39 is 5.97 Å². The van der Waals surface area contributed by atoms with E-state index in [-0.39, 0.29) is 24.0 Å². The zero-order valence-electron chi connectivity index (χ0n) is 17.8. The number of hydrogen-bond acceptors (Lipinski definition) is 5. The number of esters is 1. The van der Waals surface area contributed by atoms with E-state index in [1.54, 1.807) is 42.5 Å². The van der Waals surface area contributed by atoms with Gasteiger partial charge in [-0.2, -0.15) is 0 Å². The fraction of sp³-hybridized carbons (Fsp3) is 0.120. The summed E-state index contributed by atoms with van der Waals surface area (Å²) in [6.45, 7) is 2.53. The Hall–Kier alpha value is -2.62. The summed E-state index contributed by atoms with van der Waals surface area (Å²) in [6.07, 6.45) is 1.60. The molecule has 1 aliphatic heterocycles. The number of halogens is 4. The van der Waals surface area contributed by atoms with Gasteiger partial charge in [-0.25, -0.2) is 14.2 Å². The van der Waals surface area contributed by atoms with Crippen LogP contribution in [-0.2, 0) is 16.1 Å². The van der Waals surface area contributed by atoms with E-state index in [1.807, 2.05) is 13.0 Å².